The predicted molar refractivity (Wildman–Crippen MR) is 125 cm³/mol. The Balaban J connectivity index is 1.40. The van der Waals surface area contributed by atoms with Crippen LogP contribution in [0.3, 0.4) is 0 Å². The molecule has 1 aliphatic rings. The highest BCUT2D eigenvalue weighted by Gasteiger charge is 2.40. The van der Waals surface area contributed by atoms with Crippen molar-refractivity contribution in [3.63, 3.8) is 0 Å². The van der Waals surface area contributed by atoms with Gasteiger partial charge < -0.3 is 16.0 Å². The molecule has 0 aliphatic carbocycles. The molecule has 1 saturated heterocycles. The molecular weight excluding hydrogens is 449 g/mol. The summed E-state index contributed by atoms with van der Waals surface area (Å²) in [5.41, 5.74) is 8.32. The van der Waals surface area contributed by atoms with Crippen molar-refractivity contribution in [2.45, 2.75) is 38.4 Å². The lowest BCUT2D eigenvalue weighted by molar-refractivity contribution is -0.129. The number of carbonyl (C=O) groups is 2. The van der Waals surface area contributed by atoms with E-state index in [9.17, 15) is 9.59 Å². The van der Waals surface area contributed by atoms with Gasteiger partial charge in [0, 0.05) is 35.9 Å². The summed E-state index contributed by atoms with van der Waals surface area (Å²) in [5, 5.41) is 5.02. The minimum Gasteiger partial charge on any atom is -0.368 e. The van der Waals surface area contributed by atoms with E-state index in [4.69, 9.17) is 28.9 Å². The van der Waals surface area contributed by atoms with Gasteiger partial charge in [0.05, 0.1) is 17.1 Å². The summed E-state index contributed by atoms with van der Waals surface area (Å²) in [6.07, 6.45) is 4.77. The number of carbonyl (C=O) groups excluding carboxylic acids is 2. The molecule has 2 aromatic heterocycles. The van der Waals surface area contributed by atoms with Crippen LogP contribution in [-0.4, -0.2) is 45.3 Å². The number of nitrogens with two attached hydrogens (primary N) is 1. The summed E-state index contributed by atoms with van der Waals surface area (Å²) >= 11 is 12.3. The Morgan fingerprint density at radius 1 is 1.31 bits per heavy atom. The molecule has 0 spiro atoms. The van der Waals surface area contributed by atoms with E-state index in [1.54, 1.807) is 19.3 Å². The Morgan fingerprint density at radius 3 is 2.88 bits per heavy atom. The van der Waals surface area contributed by atoms with Crippen molar-refractivity contribution in [2.24, 2.45) is 11.7 Å². The first-order valence-corrected chi connectivity index (χ1v) is 11.3. The second-order valence-corrected chi connectivity index (χ2v) is 9.16. The first-order valence-electron chi connectivity index (χ1n) is 10.5. The van der Waals surface area contributed by atoms with Crippen LogP contribution in [0, 0.1) is 5.92 Å². The monoisotopic (exact) mass is 473 g/mol. The number of halogens is 2. The normalized spacial score (nSPS) is 19.8. The van der Waals surface area contributed by atoms with E-state index in [0.717, 1.165) is 22.9 Å². The largest absolute Gasteiger partial charge is 0.368 e. The molecule has 0 radical (unpaired) electrons. The Morgan fingerprint density at radius 2 is 2.12 bits per heavy atom. The molecule has 2 amide bonds. The molecule has 32 heavy (non-hydrogen) atoms. The number of hydrogen-bond donors (Lipinski definition) is 3. The molecular formula is C23H25Cl2N5O2. The van der Waals surface area contributed by atoms with Gasteiger partial charge in [-0.15, -0.1) is 0 Å². The number of H-pyrrole nitrogens is 1. The molecule has 0 saturated carbocycles. The molecule has 1 aromatic carbocycles. The van der Waals surface area contributed by atoms with Crippen molar-refractivity contribution >= 4 is 46.0 Å². The molecule has 7 nitrogen and oxygen atoms in total. The zero-order chi connectivity index (χ0) is 22.8. The highest BCUT2D eigenvalue weighted by Crippen LogP contribution is 2.29. The lowest BCUT2D eigenvalue weighted by Crippen LogP contribution is -2.51. The minimum absolute atomic E-state index is 0.167. The summed E-state index contributed by atoms with van der Waals surface area (Å²) in [6, 6.07) is 8.63. The summed E-state index contributed by atoms with van der Waals surface area (Å²) < 4.78 is 0. The predicted octanol–water partition coefficient (Wildman–Crippen LogP) is 3.29. The van der Waals surface area contributed by atoms with Gasteiger partial charge in [0.1, 0.15) is 5.65 Å². The fourth-order valence-electron chi connectivity index (χ4n) is 4.40. The molecule has 0 bridgehead atoms. The lowest BCUT2D eigenvalue weighted by Gasteiger charge is -2.28. The molecule has 168 valence electrons. The van der Waals surface area contributed by atoms with E-state index in [2.05, 4.69) is 15.3 Å². The highest BCUT2D eigenvalue weighted by molar-refractivity contribution is 6.35. The Bertz CT molecular complexity index is 1150. The molecule has 4 rings (SSSR count). The number of hydrogen-bond acceptors (Lipinski definition) is 4. The summed E-state index contributed by atoms with van der Waals surface area (Å²) in [5.74, 6) is -0.363. The van der Waals surface area contributed by atoms with Crippen LogP contribution >= 0.6 is 23.2 Å². The molecule has 3 heterocycles. The van der Waals surface area contributed by atoms with Crippen LogP contribution in [0.1, 0.15) is 24.5 Å². The second-order valence-electron chi connectivity index (χ2n) is 8.32. The molecule has 4 N–H and O–H groups in total. The number of aromatic nitrogens is 2. The molecule has 9 heteroatoms. The van der Waals surface area contributed by atoms with E-state index >= 15 is 0 Å². The third-order valence-corrected chi connectivity index (χ3v) is 6.60. The Labute approximate surface area is 196 Å². The topological polar surface area (TPSA) is 104 Å². The van der Waals surface area contributed by atoms with E-state index in [-0.39, 0.29) is 11.8 Å². The number of nitrogens with zero attached hydrogens (tertiary/aromatic N) is 2. The van der Waals surface area contributed by atoms with Gasteiger partial charge in [0.15, 0.2) is 0 Å². The molecule has 1 fully saturated rings. The van der Waals surface area contributed by atoms with E-state index < -0.39 is 18.0 Å². The molecule has 1 aliphatic heterocycles. The molecule has 3 atom stereocenters. The second kappa shape index (κ2) is 9.48. The van der Waals surface area contributed by atoms with Gasteiger partial charge in [0.25, 0.3) is 0 Å². The van der Waals surface area contributed by atoms with Crippen LogP contribution in [0.15, 0.2) is 42.7 Å². The molecule has 3 aromatic rings. The third-order valence-electron chi connectivity index (χ3n) is 6.05. The van der Waals surface area contributed by atoms with E-state index in [0.29, 0.717) is 35.2 Å². The number of nitrogens with one attached hydrogen (secondary N) is 2. The number of fused-ring (bicyclic) bond motifs is 1. The maximum absolute atomic E-state index is 12.9. The quantitative estimate of drug-likeness (QED) is 0.489. The van der Waals surface area contributed by atoms with Crippen molar-refractivity contribution in [1.29, 1.82) is 0 Å². The van der Waals surface area contributed by atoms with Crippen molar-refractivity contribution in [3.8, 4) is 0 Å². The Kier molecular flexibility index (Phi) is 6.69. The number of pyridine rings is 1. The number of amides is 2. The van der Waals surface area contributed by atoms with E-state index in [1.807, 2.05) is 35.2 Å². The average Bonchev–Trinajstić information content (AvgIpc) is 3.35. The maximum Gasteiger partial charge on any atom is 0.237 e. The third kappa shape index (κ3) is 4.90. The lowest BCUT2D eigenvalue weighted by atomic mass is 9.96. The minimum atomic E-state index is -0.496. The maximum atomic E-state index is 12.9. The highest BCUT2D eigenvalue weighted by atomic mass is 35.5. The number of likely N-dealkylation sites (tertiary alicyclic amines) is 1. The number of primary amides is 1. The van der Waals surface area contributed by atoms with Crippen LogP contribution < -0.4 is 11.1 Å². The van der Waals surface area contributed by atoms with Crippen molar-refractivity contribution < 1.29 is 9.59 Å². The fraction of sp³-hybridized carbons (Fsp3) is 0.348. The number of rotatable bonds is 7. The first kappa shape index (κ1) is 22.6. The summed E-state index contributed by atoms with van der Waals surface area (Å²) in [7, 11) is 0. The van der Waals surface area contributed by atoms with Gasteiger partial charge in [-0.1, -0.05) is 35.3 Å². The van der Waals surface area contributed by atoms with Gasteiger partial charge in [-0.05, 0) is 55.0 Å². The zero-order valence-corrected chi connectivity index (χ0v) is 19.2. The van der Waals surface area contributed by atoms with Crippen LogP contribution in [0.25, 0.3) is 11.0 Å². The summed E-state index contributed by atoms with van der Waals surface area (Å²) in [6.45, 7) is 2.73. The van der Waals surface area contributed by atoms with Crippen LogP contribution in [0.4, 0.5) is 0 Å². The number of aromatic amines is 1. The van der Waals surface area contributed by atoms with Crippen LogP contribution in [0.2, 0.25) is 10.0 Å². The van der Waals surface area contributed by atoms with Crippen LogP contribution in [0.5, 0.6) is 0 Å². The SMILES string of the molecule is C[C@@H](C(=O)NCc1cnc2[nH]cc(Cl)c2c1)N1CC(Cc2cccc(Cl)c2)CC1C(N)=O. The van der Waals surface area contributed by atoms with Crippen molar-refractivity contribution in [1.82, 2.24) is 20.2 Å². The van der Waals surface area contributed by atoms with Gasteiger partial charge >= 0.3 is 0 Å². The van der Waals surface area contributed by atoms with E-state index in [1.165, 1.54) is 0 Å². The summed E-state index contributed by atoms with van der Waals surface area (Å²) in [4.78, 5) is 34.2. The smallest absolute Gasteiger partial charge is 0.237 e. The Hall–Kier alpha value is -2.61. The van der Waals surface area contributed by atoms with Gasteiger partial charge in [-0.25, -0.2) is 4.98 Å². The van der Waals surface area contributed by atoms with Gasteiger partial charge in [-0.2, -0.15) is 0 Å². The zero-order valence-electron chi connectivity index (χ0n) is 17.6. The van der Waals surface area contributed by atoms with Crippen molar-refractivity contribution in [2.75, 3.05) is 6.54 Å². The van der Waals surface area contributed by atoms with Crippen molar-refractivity contribution in [3.05, 3.63) is 63.9 Å². The molecule has 2 unspecified atom stereocenters. The first-order chi connectivity index (χ1) is 15.3. The average molecular weight is 474 g/mol. The van der Waals surface area contributed by atoms with Gasteiger partial charge in [-0.3, -0.25) is 14.5 Å². The van der Waals surface area contributed by atoms with Gasteiger partial charge in [0.2, 0.25) is 11.8 Å². The van der Waals surface area contributed by atoms with Crippen LogP contribution in [-0.2, 0) is 22.6 Å². The fourth-order valence-corrected chi connectivity index (χ4v) is 4.81. The standard InChI is InChI=1S/C23H25Cl2N5O2/c1-13(23(32)29-10-16-7-18-19(25)11-28-22(18)27-9-16)30-12-15(8-20(30)21(26)31)5-14-3-2-4-17(24)6-14/h2-4,6-7,9,11,13,15,20H,5,8,10,12H2,1H3,(H2,26,31)(H,27,28)(H,29,32)/t13-,15?,20?/m0/s1. The number of benzene rings is 1.